The molecule has 2 aromatic carbocycles. The second-order valence-corrected chi connectivity index (χ2v) is 5.09. The second kappa shape index (κ2) is 5.10. The zero-order chi connectivity index (χ0) is 15.0. The lowest BCUT2D eigenvalue weighted by Crippen LogP contribution is -2.17. The summed E-state index contributed by atoms with van der Waals surface area (Å²) in [6, 6.07) is 12.0. The Kier molecular flexibility index (Phi) is 3.27. The highest BCUT2D eigenvalue weighted by atomic mass is 35.5. The minimum Gasteiger partial charge on any atom is -0.478 e. The van der Waals surface area contributed by atoms with Crippen LogP contribution in [0.1, 0.15) is 15.9 Å². The molecule has 0 aliphatic rings. The van der Waals surface area contributed by atoms with Crippen LogP contribution in [-0.2, 0) is 6.54 Å². The molecule has 2 N–H and O–H groups in total. The highest BCUT2D eigenvalue weighted by Crippen LogP contribution is 2.18. The van der Waals surface area contributed by atoms with E-state index in [-0.39, 0.29) is 11.3 Å². The van der Waals surface area contributed by atoms with Crippen molar-refractivity contribution >= 4 is 28.6 Å². The van der Waals surface area contributed by atoms with Gasteiger partial charge in [-0.3, -0.25) is 4.57 Å². The molecule has 3 rings (SSSR count). The van der Waals surface area contributed by atoms with Crippen molar-refractivity contribution in [2.75, 3.05) is 0 Å². The number of carbonyl (C=O) groups is 1. The number of nitrogens with zero attached hydrogens (tertiary/aromatic N) is 1. The number of carboxylic acids is 1. The van der Waals surface area contributed by atoms with Gasteiger partial charge in [0.25, 0.3) is 0 Å². The predicted molar refractivity (Wildman–Crippen MR) is 80.1 cm³/mol. The predicted octanol–water partition coefficient (Wildman–Crippen LogP) is 2.73. The molecule has 0 aliphatic carbocycles. The van der Waals surface area contributed by atoms with Crippen LogP contribution in [0, 0.1) is 0 Å². The number of aromatic carboxylic acids is 1. The van der Waals surface area contributed by atoms with E-state index in [0.717, 1.165) is 5.56 Å². The largest absolute Gasteiger partial charge is 0.478 e. The minimum absolute atomic E-state index is 0.0782. The van der Waals surface area contributed by atoms with Gasteiger partial charge in [-0.1, -0.05) is 29.8 Å². The van der Waals surface area contributed by atoms with Crippen molar-refractivity contribution in [2.45, 2.75) is 6.54 Å². The highest BCUT2D eigenvalue weighted by molar-refractivity contribution is 6.30. The maximum Gasteiger partial charge on any atom is 0.337 e. The molecular formula is C15H11ClN2O3. The normalized spacial score (nSPS) is 10.9. The van der Waals surface area contributed by atoms with Gasteiger partial charge in [0.2, 0.25) is 0 Å². The molecule has 0 fully saturated rings. The lowest BCUT2D eigenvalue weighted by atomic mass is 10.2. The van der Waals surface area contributed by atoms with Crippen LogP contribution in [-0.4, -0.2) is 20.6 Å². The summed E-state index contributed by atoms with van der Waals surface area (Å²) in [5.41, 5.74) is 1.48. The fourth-order valence-corrected chi connectivity index (χ4v) is 2.55. The molecule has 1 aromatic heterocycles. The van der Waals surface area contributed by atoms with Gasteiger partial charge in [0.15, 0.2) is 0 Å². The highest BCUT2D eigenvalue weighted by Gasteiger charge is 2.14. The number of para-hydroxylation sites is 1. The average Bonchev–Trinajstić information content (AvgIpc) is 2.75. The first-order chi connectivity index (χ1) is 10.1. The maximum absolute atomic E-state index is 12.1. The van der Waals surface area contributed by atoms with Gasteiger partial charge in [0.1, 0.15) is 0 Å². The average molecular weight is 303 g/mol. The van der Waals surface area contributed by atoms with Gasteiger partial charge in [-0.05, 0) is 29.8 Å². The molecule has 6 heteroatoms. The van der Waals surface area contributed by atoms with Crippen LogP contribution >= 0.6 is 11.6 Å². The fourth-order valence-electron chi connectivity index (χ4n) is 2.33. The zero-order valence-electron chi connectivity index (χ0n) is 10.8. The number of aromatic nitrogens is 2. The van der Waals surface area contributed by atoms with Crippen LogP contribution in [0.15, 0.2) is 47.3 Å². The van der Waals surface area contributed by atoms with E-state index in [4.69, 9.17) is 16.7 Å². The van der Waals surface area contributed by atoms with Crippen molar-refractivity contribution in [1.29, 1.82) is 0 Å². The standard InChI is InChI=1S/C15H11ClN2O3/c16-10-4-1-3-9(7-10)8-18-12-6-2-5-11(14(19)20)13(12)17-15(18)21/h1-7H,8H2,(H,17,21)(H,19,20). The lowest BCUT2D eigenvalue weighted by Gasteiger charge is -2.04. The molecule has 21 heavy (non-hydrogen) atoms. The first-order valence-corrected chi connectivity index (χ1v) is 6.63. The van der Waals surface area contributed by atoms with E-state index in [1.807, 2.05) is 6.07 Å². The van der Waals surface area contributed by atoms with Crippen molar-refractivity contribution < 1.29 is 9.90 Å². The number of aromatic amines is 1. The van der Waals surface area contributed by atoms with Crippen LogP contribution in [0.4, 0.5) is 0 Å². The Morgan fingerprint density at radius 1 is 1.24 bits per heavy atom. The van der Waals surface area contributed by atoms with E-state index < -0.39 is 5.97 Å². The monoisotopic (exact) mass is 302 g/mol. The number of hydrogen-bond acceptors (Lipinski definition) is 2. The van der Waals surface area contributed by atoms with Crippen LogP contribution in [0.5, 0.6) is 0 Å². The molecule has 0 unspecified atom stereocenters. The third-order valence-electron chi connectivity index (χ3n) is 3.27. The van der Waals surface area contributed by atoms with E-state index in [2.05, 4.69) is 4.98 Å². The Labute approximate surface area is 124 Å². The number of rotatable bonds is 3. The number of nitrogens with one attached hydrogen (secondary N) is 1. The minimum atomic E-state index is -1.07. The molecule has 0 saturated heterocycles. The second-order valence-electron chi connectivity index (χ2n) is 4.65. The van der Waals surface area contributed by atoms with Gasteiger partial charge < -0.3 is 10.1 Å². The van der Waals surface area contributed by atoms with E-state index in [1.54, 1.807) is 30.3 Å². The maximum atomic E-state index is 12.1. The molecule has 5 nitrogen and oxygen atoms in total. The number of carboxylic acid groups (broad SMARTS) is 1. The van der Waals surface area contributed by atoms with Crippen molar-refractivity contribution in [3.8, 4) is 0 Å². The number of benzene rings is 2. The summed E-state index contributed by atoms with van der Waals surface area (Å²) in [5.74, 6) is -1.07. The van der Waals surface area contributed by atoms with Crippen molar-refractivity contribution in [1.82, 2.24) is 9.55 Å². The summed E-state index contributed by atoms with van der Waals surface area (Å²) < 4.78 is 1.49. The third kappa shape index (κ3) is 2.43. The first-order valence-electron chi connectivity index (χ1n) is 6.25. The summed E-state index contributed by atoms with van der Waals surface area (Å²) in [4.78, 5) is 25.9. The van der Waals surface area contributed by atoms with Crippen LogP contribution in [0.2, 0.25) is 5.02 Å². The van der Waals surface area contributed by atoms with E-state index in [1.165, 1.54) is 10.6 Å². The summed E-state index contributed by atoms with van der Waals surface area (Å²) in [7, 11) is 0. The van der Waals surface area contributed by atoms with Gasteiger partial charge in [-0.25, -0.2) is 9.59 Å². The lowest BCUT2D eigenvalue weighted by molar-refractivity contribution is 0.0699. The molecular weight excluding hydrogens is 292 g/mol. The molecule has 0 radical (unpaired) electrons. The van der Waals surface area contributed by atoms with Crippen molar-refractivity contribution in [2.24, 2.45) is 0 Å². The molecule has 0 aliphatic heterocycles. The Bertz CT molecular complexity index is 895. The summed E-state index contributed by atoms with van der Waals surface area (Å²) in [6.07, 6.45) is 0. The van der Waals surface area contributed by atoms with E-state index in [9.17, 15) is 9.59 Å². The zero-order valence-corrected chi connectivity index (χ0v) is 11.6. The van der Waals surface area contributed by atoms with Crippen LogP contribution in [0.3, 0.4) is 0 Å². The molecule has 0 atom stereocenters. The molecule has 0 amide bonds. The van der Waals surface area contributed by atoms with Gasteiger partial charge in [-0.2, -0.15) is 0 Å². The van der Waals surface area contributed by atoms with Crippen molar-refractivity contribution in [3.63, 3.8) is 0 Å². The van der Waals surface area contributed by atoms with Gasteiger partial charge in [-0.15, -0.1) is 0 Å². The number of hydrogen-bond donors (Lipinski definition) is 2. The molecule has 0 saturated carbocycles. The van der Waals surface area contributed by atoms with Gasteiger partial charge in [0.05, 0.1) is 23.1 Å². The van der Waals surface area contributed by atoms with Crippen LogP contribution in [0.25, 0.3) is 11.0 Å². The van der Waals surface area contributed by atoms with Gasteiger partial charge in [0, 0.05) is 5.02 Å². The Balaban J connectivity index is 2.15. The number of imidazole rings is 1. The van der Waals surface area contributed by atoms with E-state index in [0.29, 0.717) is 22.6 Å². The molecule has 0 bridgehead atoms. The SMILES string of the molecule is O=C(O)c1cccc2c1[nH]c(=O)n2Cc1cccc(Cl)c1. The smallest absolute Gasteiger partial charge is 0.337 e. The van der Waals surface area contributed by atoms with E-state index >= 15 is 0 Å². The molecule has 106 valence electrons. The Morgan fingerprint density at radius 3 is 2.71 bits per heavy atom. The number of H-pyrrole nitrogens is 1. The third-order valence-corrected chi connectivity index (χ3v) is 3.51. The molecule has 1 heterocycles. The molecule has 0 spiro atoms. The summed E-state index contributed by atoms with van der Waals surface area (Å²) in [5, 5.41) is 9.75. The summed E-state index contributed by atoms with van der Waals surface area (Å²) >= 11 is 5.94. The van der Waals surface area contributed by atoms with Crippen LogP contribution < -0.4 is 5.69 Å². The summed E-state index contributed by atoms with van der Waals surface area (Å²) in [6.45, 7) is 0.322. The fraction of sp³-hybridized carbons (Fsp3) is 0.0667. The Hall–Kier alpha value is -2.53. The first kappa shape index (κ1) is 13.5. The number of halogens is 1. The number of fused-ring (bicyclic) bond motifs is 1. The van der Waals surface area contributed by atoms with Crippen molar-refractivity contribution in [3.05, 3.63) is 69.1 Å². The Morgan fingerprint density at radius 2 is 2.00 bits per heavy atom. The van der Waals surface area contributed by atoms with Gasteiger partial charge >= 0.3 is 11.7 Å². The topological polar surface area (TPSA) is 75.1 Å². The molecule has 3 aromatic rings. The quantitative estimate of drug-likeness (QED) is 0.781.